The maximum Gasteiger partial charge on any atom is 0.318 e. The predicted molar refractivity (Wildman–Crippen MR) is 86.7 cm³/mol. The Morgan fingerprint density at radius 3 is 2.96 bits per heavy atom. The zero-order valence-electron chi connectivity index (χ0n) is 14.0. The highest BCUT2D eigenvalue weighted by atomic mass is 16.3. The first-order valence-electron chi connectivity index (χ1n) is 8.11. The summed E-state index contributed by atoms with van der Waals surface area (Å²) in [5.41, 5.74) is 0. The first-order valence-corrected chi connectivity index (χ1v) is 8.11. The van der Waals surface area contributed by atoms with Crippen LogP contribution >= 0.6 is 0 Å². The second kappa shape index (κ2) is 6.48. The molecule has 6 nitrogen and oxygen atoms in total. The van der Waals surface area contributed by atoms with Crippen molar-refractivity contribution < 1.29 is 9.21 Å². The van der Waals surface area contributed by atoms with Crippen molar-refractivity contribution >= 4 is 6.03 Å². The van der Waals surface area contributed by atoms with Gasteiger partial charge in [0.2, 0.25) is 0 Å². The van der Waals surface area contributed by atoms with E-state index < -0.39 is 0 Å². The number of carbonyl (C=O) groups excluding carboxylic acids is 1. The number of nitrogens with zero attached hydrogens (tertiary/aromatic N) is 3. The first-order chi connectivity index (χ1) is 11.0. The summed E-state index contributed by atoms with van der Waals surface area (Å²) in [4.78, 5) is 18.8. The molecule has 23 heavy (non-hydrogen) atoms. The SMILES string of the molecule is Cc1ccc([C@H]2C[C@@H](C)CCN2C(=O)NCc2nccn2C)o1. The van der Waals surface area contributed by atoms with E-state index in [4.69, 9.17) is 4.42 Å². The van der Waals surface area contributed by atoms with Crippen molar-refractivity contribution in [2.24, 2.45) is 13.0 Å². The molecule has 3 heterocycles. The molecule has 2 amide bonds. The Balaban J connectivity index is 1.70. The quantitative estimate of drug-likeness (QED) is 0.947. The molecule has 0 spiro atoms. The molecule has 0 unspecified atom stereocenters. The molecule has 0 bridgehead atoms. The Morgan fingerprint density at radius 2 is 2.30 bits per heavy atom. The number of hydrogen-bond acceptors (Lipinski definition) is 3. The van der Waals surface area contributed by atoms with Crippen LogP contribution in [-0.4, -0.2) is 27.0 Å². The highest BCUT2D eigenvalue weighted by Crippen LogP contribution is 2.34. The van der Waals surface area contributed by atoms with Gasteiger partial charge >= 0.3 is 6.03 Å². The van der Waals surface area contributed by atoms with Crippen LogP contribution in [-0.2, 0) is 13.6 Å². The minimum atomic E-state index is -0.0565. The number of rotatable bonds is 3. The van der Waals surface area contributed by atoms with Crippen LogP contribution in [0.2, 0.25) is 0 Å². The second-order valence-corrected chi connectivity index (χ2v) is 6.40. The number of hydrogen-bond donors (Lipinski definition) is 1. The number of piperidine rings is 1. The van der Waals surface area contributed by atoms with Crippen LogP contribution < -0.4 is 5.32 Å². The zero-order chi connectivity index (χ0) is 16.4. The Morgan fingerprint density at radius 1 is 1.48 bits per heavy atom. The van der Waals surface area contributed by atoms with Crippen LogP contribution in [0.4, 0.5) is 4.79 Å². The Bertz CT molecular complexity index is 676. The molecule has 1 N–H and O–H groups in total. The molecule has 1 aliphatic heterocycles. The van der Waals surface area contributed by atoms with Gasteiger partial charge in [0, 0.05) is 26.0 Å². The molecule has 2 aromatic heterocycles. The number of imidazole rings is 1. The number of urea groups is 1. The van der Waals surface area contributed by atoms with Gasteiger partial charge in [0.1, 0.15) is 17.3 Å². The topological polar surface area (TPSA) is 63.3 Å². The summed E-state index contributed by atoms with van der Waals surface area (Å²) in [5, 5.41) is 2.98. The third-order valence-corrected chi connectivity index (χ3v) is 4.53. The summed E-state index contributed by atoms with van der Waals surface area (Å²) in [6.45, 7) is 5.34. The summed E-state index contributed by atoms with van der Waals surface area (Å²) in [5.74, 6) is 3.19. The summed E-state index contributed by atoms with van der Waals surface area (Å²) in [6.07, 6.45) is 5.56. The molecule has 3 rings (SSSR count). The van der Waals surface area contributed by atoms with E-state index in [9.17, 15) is 4.79 Å². The Kier molecular flexibility index (Phi) is 4.41. The van der Waals surface area contributed by atoms with Gasteiger partial charge in [0.05, 0.1) is 12.6 Å². The summed E-state index contributed by atoms with van der Waals surface area (Å²) in [7, 11) is 1.92. The van der Waals surface area contributed by atoms with E-state index in [2.05, 4.69) is 17.2 Å². The molecular formula is C17H24N4O2. The second-order valence-electron chi connectivity index (χ2n) is 6.40. The fourth-order valence-corrected chi connectivity index (χ4v) is 3.11. The van der Waals surface area contributed by atoms with Gasteiger partial charge in [-0.05, 0) is 37.8 Å². The van der Waals surface area contributed by atoms with E-state index in [1.807, 2.05) is 41.8 Å². The first kappa shape index (κ1) is 15.6. The molecule has 1 fully saturated rings. The van der Waals surface area contributed by atoms with Crippen molar-refractivity contribution in [2.45, 2.75) is 39.3 Å². The molecule has 2 atom stereocenters. The van der Waals surface area contributed by atoms with Crippen molar-refractivity contribution in [3.8, 4) is 0 Å². The van der Waals surface area contributed by atoms with Gasteiger partial charge in [-0.2, -0.15) is 0 Å². The van der Waals surface area contributed by atoms with Gasteiger partial charge < -0.3 is 19.2 Å². The number of aromatic nitrogens is 2. The maximum absolute atomic E-state index is 12.6. The fraction of sp³-hybridized carbons (Fsp3) is 0.529. The molecule has 0 saturated carbocycles. The molecule has 1 saturated heterocycles. The van der Waals surface area contributed by atoms with Crippen LogP contribution in [0.5, 0.6) is 0 Å². The summed E-state index contributed by atoms with van der Waals surface area (Å²) in [6, 6.07) is 3.89. The monoisotopic (exact) mass is 316 g/mol. The van der Waals surface area contributed by atoms with Crippen LogP contribution in [0.3, 0.4) is 0 Å². The highest BCUT2D eigenvalue weighted by molar-refractivity contribution is 5.74. The summed E-state index contributed by atoms with van der Waals surface area (Å²) >= 11 is 0. The molecule has 6 heteroatoms. The largest absolute Gasteiger partial charge is 0.464 e. The van der Waals surface area contributed by atoms with Gasteiger partial charge in [-0.15, -0.1) is 0 Å². The van der Waals surface area contributed by atoms with Crippen molar-refractivity contribution in [3.05, 3.63) is 41.9 Å². The number of carbonyl (C=O) groups is 1. The van der Waals surface area contributed by atoms with E-state index in [1.54, 1.807) is 6.20 Å². The standard InChI is InChI=1S/C17H24N4O2/c1-12-6-8-21(14(10-12)15-5-4-13(2)23-15)17(22)19-11-16-18-7-9-20(16)3/h4-5,7,9,12,14H,6,8,10-11H2,1-3H3,(H,19,22)/t12-,14+/m0/s1. The van der Waals surface area contributed by atoms with Crippen molar-refractivity contribution in [2.75, 3.05) is 6.54 Å². The molecule has 0 radical (unpaired) electrons. The molecule has 0 aliphatic carbocycles. The minimum Gasteiger partial charge on any atom is -0.464 e. The van der Waals surface area contributed by atoms with E-state index >= 15 is 0 Å². The van der Waals surface area contributed by atoms with Gasteiger partial charge in [-0.3, -0.25) is 0 Å². The molecule has 0 aromatic carbocycles. The fourth-order valence-electron chi connectivity index (χ4n) is 3.11. The van der Waals surface area contributed by atoms with Gasteiger partial charge in [0.25, 0.3) is 0 Å². The average Bonchev–Trinajstić information content (AvgIpc) is 3.13. The van der Waals surface area contributed by atoms with E-state index in [0.717, 1.165) is 36.7 Å². The van der Waals surface area contributed by atoms with E-state index in [1.165, 1.54) is 0 Å². The molecule has 1 aliphatic rings. The Labute approximate surface area is 136 Å². The van der Waals surface area contributed by atoms with Crippen molar-refractivity contribution in [1.82, 2.24) is 19.8 Å². The normalized spacial score (nSPS) is 21.4. The number of likely N-dealkylation sites (tertiary alicyclic amines) is 1. The molecule has 124 valence electrons. The molecular weight excluding hydrogens is 292 g/mol. The lowest BCUT2D eigenvalue weighted by Gasteiger charge is -2.37. The third kappa shape index (κ3) is 3.41. The zero-order valence-corrected chi connectivity index (χ0v) is 14.0. The number of nitrogens with one attached hydrogen (secondary N) is 1. The van der Waals surface area contributed by atoms with Crippen LogP contribution in [0.15, 0.2) is 28.9 Å². The average molecular weight is 316 g/mol. The van der Waals surface area contributed by atoms with E-state index in [-0.39, 0.29) is 12.1 Å². The molecule has 2 aromatic rings. The number of amides is 2. The van der Waals surface area contributed by atoms with Crippen LogP contribution in [0.1, 0.15) is 43.2 Å². The van der Waals surface area contributed by atoms with Gasteiger partial charge in [0.15, 0.2) is 0 Å². The lowest BCUT2D eigenvalue weighted by Crippen LogP contribution is -2.45. The van der Waals surface area contributed by atoms with E-state index in [0.29, 0.717) is 12.5 Å². The third-order valence-electron chi connectivity index (χ3n) is 4.53. The minimum absolute atomic E-state index is 0.00817. The van der Waals surface area contributed by atoms with Crippen molar-refractivity contribution in [3.63, 3.8) is 0 Å². The van der Waals surface area contributed by atoms with Crippen LogP contribution in [0.25, 0.3) is 0 Å². The van der Waals surface area contributed by atoms with Gasteiger partial charge in [-0.1, -0.05) is 6.92 Å². The lowest BCUT2D eigenvalue weighted by atomic mass is 9.91. The van der Waals surface area contributed by atoms with Crippen LogP contribution in [0, 0.1) is 12.8 Å². The number of aryl methyl sites for hydroxylation is 2. The van der Waals surface area contributed by atoms with Gasteiger partial charge in [-0.25, -0.2) is 9.78 Å². The smallest absolute Gasteiger partial charge is 0.318 e. The summed E-state index contributed by atoms with van der Waals surface area (Å²) < 4.78 is 7.69. The maximum atomic E-state index is 12.6. The lowest BCUT2D eigenvalue weighted by molar-refractivity contribution is 0.118. The highest BCUT2D eigenvalue weighted by Gasteiger charge is 2.32. The Hall–Kier alpha value is -2.24. The predicted octanol–water partition coefficient (Wildman–Crippen LogP) is 3.00. The number of furan rings is 1. The van der Waals surface area contributed by atoms with Crippen molar-refractivity contribution in [1.29, 1.82) is 0 Å².